The molecule has 0 N–H and O–H groups in total. The molecule has 0 saturated heterocycles. The molecule has 0 aliphatic carbocycles. The summed E-state index contributed by atoms with van der Waals surface area (Å²) in [6.07, 6.45) is 0.117. The summed E-state index contributed by atoms with van der Waals surface area (Å²) in [6.45, 7) is 4.42. The van der Waals surface area contributed by atoms with Crippen LogP contribution in [0.5, 0.6) is 5.75 Å². The largest absolute Gasteiger partial charge is 0.487 e. The maximum absolute atomic E-state index is 11.5. The molecular weight excluding hydrogens is 250 g/mol. The predicted molar refractivity (Wildman–Crippen MR) is 80.0 cm³/mol. The third-order valence-electron chi connectivity index (χ3n) is 3.49. The standard InChI is InChI=1S/C17H17NO2/c1-12-11-18(16-8-3-4-9-17(16)20-12)15-7-5-6-14(10-15)13(2)19/h3-10,12H,11H2,1-2H3. The Kier molecular flexibility index (Phi) is 3.18. The lowest BCUT2D eigenvalue weighted by Gasteiger charge is -2.35. The maximum atomic E-state index is 11.5. The molecule has 0 amide bonds. The van der Waals surface area contributed by atoms with Crippen molar-refractivity contribution in [2.75, 3.05) is 11.4 Å². The number of ether oxygens (including phenoxy) is 1. The van der Waals surface area contributed by atoms with E-state index in [2.05, 4.69) is 11.8 Å². The molecule has 1 atom stereocenters. The number of anilines is 2. The first-order chi connectivity index (χ1) is 9.65. The lowest BCUT2D eigenvalue weighted by Crippen LogP contribution is -2.35. The number of nitrogens with zero attached hydrogens (tertiary/aromatic N) is 1. The van der Waals surface area contributed by atoms with Gasteiger partial charge >= 0.3 is 0 Å². The van der Waals surface area contributed by atoms with Crippen LogP contribution in [0.3, 0.4) is 0 Å². The van der Waals surface area contributed by atoms with E-state index in [1.54, 1.807) is 6.92 Å². The Bertz CT molecular complexity index is 651. The number of hydrogen-bond donors (Lipinski definition) is 0. The fraction of sp³-hybridized carbons (Fsp3) is 0.235. The second kappa shape index (κ2) is 5.00. The summed E-state index contributed by atoms with van der Waals surface area (Å²) in [5, 5.41) is 0. The van der Waals surface area contributed by atoms with Gasteiger partial charge in [0.05, 0.1) is 12.2 Å². The minimum atomic E-state index is 0.0847. The molecule has 0 bridgehead atoms. The third kappa shape index (κ3) is 2.27. The van der Waals surface area contributed by atoms with Crippen molar-refractivity contribution in [1.82, 2.24) is 0 Å². The van der Waals surface area contributed by atoms with Gasteiger partial charge in [0.25, 0.3) is 0 Å². The molecule has 0 spiro atoms. The van der Waals surface area contributed by atoms with Gasteiger partial charge in [0.2, 0.25) is 0 Å². The van der Waals surface area contributed by atoms with Gasteiger partial charge < -0.3 is 9.64 Å². The van der Waals surface area contributed by atoms with Gasteiger partial charge in [-0.3, -0.25) is 4.79 Å². The Balaban J connectivity index is 2.06. The number of carbonyl (C=O) groups excluding carboxylic acids is 1. The van der Waals surface area contributed by atoms with Crippen LogP contribution in [0.15, 0.2) is 48.5 Å². The highest BCUT2D eigenvalue weighted by Crippen LogP contribution is 2.37. The van der Waals surface area contributed by atoms with Gasteiger partial charge in [0.1, 0.15) is 11.9 Å². The van der Waals surface area contributed by atoms with Crippen molar-refractivity contribution >= 4 is 17.2 Å². The van der Waals surface area contributed by atoms with Crippen molar-refractivity contribution in [3.8, 4) is 5.75 Å². The Morgan fingerprint density at radius 1 is 1.20 bits per heavy atom. The zero-order valence-corrected chi connectivity index (χ0v) is 11.7. The molecule has 20 heavy (non-hydrogen) atoms. The Labute approximate surface area is 118 Å². The van der Waals surface area contributed by atoms with E-state index in [9.17, 15) is 4.79 Å². The zero-order chi connectivity index (χ0) is 14.1. The van der Waals surface area contributed by atoms with Crippen LogP contribution in [0.25, 0.3) is 0 Å². The molecule has 102 valence electrons. The number of fused-ring (bicyclic) bond motifs is 1. The fourth-order valence-electron chi connectivity index (χ4n) is 2.53. The highest BCUT2D eigenvalue weighted by molar-refractivity contribution is 5.95. The summed E-state index contributed by atoms with van der Waals surface area (Å²) in [5.41, 5.74) is 2.81. The van der Waals surface area contributed by atoms with Gasteiger partial charge in [-0.2, -0.15) is 0 Å². The summed E-state index contributed by atoms with van der Waals surface area (Å²) in [7, 11) is 0. The molecule has 3 rings (SSSR count). The highest BCUT2D eigenvalue weighted by Gasteiger charge is 2.23. The molecule has 1 heterocycles. The molecule has 3 heteroatoms. The number of rotatable bonds is 2. The quantitative estimate of drug-likeness (QED) is 0.775. The van der Waals surface area contributed by atoms with Crippen LogP contribution >= 0.6 is 0 Å². The van der Waals surface area contributed by atoms with E-state index in [1.807, 2.05) is 48.5 Å². The van der Waals surface area contributed by atoms with E-state index < -0.39 is 0 Å². The van der Waals surface area contributed by atoms with Gasteiger partial charge in [-0.1, -0.05) is 24.3 Å². The molecule has 1 aliphatic heterocycles. The molecule has 2 aromatic rings. The fourth-order valence-corrected chi connectivity index (χ4v) is 2.53. The molecule has 0 fully saturated rings. The monoisotopic (exact) mass is 267 g/mol. The lowest BCUT2D eigenvalue weighted by atomic mass is 10.1. The minimum absolute atomic E-state index is 0.0847. The number of hydrogen-bond acceptors (Lipinski definition) is 3. The Morgan fingerprint density at radius 2 is 2.00 bits per heavy atom. The number of benzene rings is 2. The summed E-state index contributed by atoms with van der Waals surface area (Å²) >= 11 is 0. The SMILES string of the molecule is CC(=O)c1cccc(N2CC(C)Oc3ccccc32)c1. The van der Waals surface area contributed by atoms with Crippen LogP contribution in [-0.2, 0) is 0 Å². The van der Waals surface area contributed by atoms with Crippen molar-refractivity contribution in [3.05, 3.63) is 54.1 Å². The second-order valence-corrected chi connectivity index (χ2v) is 5.11. The van der Waals surface area contributed by atoms with E-state index in [1.165, 1.54) is 0 Å². The first-order valence-corrected chi connectivity index (χ1v) is 6.79. The molecule has 0 radical (unpaired) electrons. The summed E-state index contributed by atoms with van der Waals surface area (Å²) in [4.78, 5) is 13.8. The number of para-hydroxylation sites is 2. The zero-order valence-electron chi connectivity index (χ0n) is 11.7. The molecule has 0 aromatic heterocycles. The van der Waals surface area contributed by atoms with E-state index in [0.717, 1.165) is 29.2 Å². The summed E-state index contributed by atoms with van der Waals surface area (Å²) in [6, 6.07) is 15.7. The van der Waals surface area contributed by atoms with E-state index in [4.69, 9.17) is 4.74 Å². The van der Waals surface area contributed by atoms with Gasteiger partial charge in [-0.05, 0) is 38.1 Å². The number of Topliss-reactive ketones (excluding diaryl/α,β-unsaturated/α-hetero) is 1. The van der Waals surface area contributed by atoms with Crippen LogP contribution < -0.4 is 9.64 Å². The van der Waals surface area contributed by atoms with Crippen LogP contribution in [0.2, 0.25) is 0 Å². The predicted octanol–water partition coefficient (Wildman–Crippen LogP) is 3.81. The first kappa shape index (κ1) is 12.7. The minimum Gasteiger partial charge on any atom is -0.487 e. The molecule has 1 aliphatic rings. The van der Waals surface area contributed by atoms with Crippen molar-refractivity contribution in [2.45, 2.75) is 20.0 Å². The number of ketones is 1. The van der Waals surface area contributed by atoms with Gasteiger partial charge in [0, 0.05) is 11.3 Å². The van der Waals surface area contributed by atoms with Crippen LogP contribution in [0, 0.1) is 0 Å². The molecule has 3 nitrogen and oxygen atoms in total. The van der Waals surface area contributed by atoms with Crippen molar-refractivity contribution in [1.29, 1.82) is 0 Å². The van der Waals surface area contributed by atoms with Crippen LogP contribution in [0.1, 0.15) is 24.2 Å². The van der Waals surface area contributed by atoms with E-state index >= 15 is 0 Å². The normalized spacial score (nSPS) is 17.3. The van der Waals surface area contributed by atoms with Gasteiger partial charge in [-0.15, -0.1) is 0 Å². The van der Waals surface area contributed by atoms with E-state index in [-0.39, 0.29) is 11.9 Å². The van der Waals surface area contributed by atoms with Crippen LogP contribution in [0.4, 0.5) is 11.4 Å². The second-order valence-electron chi connectivity index (χ2n) is 5.11. The average Bonchev–Trinajstić information content (AvgIpc) is 2.46. The first-order valence-electron chi connectivity index (χ1n) is 6.79. The third-order valence-corrected chi connectivity index (χ3v) is 3.49. The summed E-state index contributed by atoms with van der Waals surface area (Å²) in [5.74, 6) is 0.973. The highest BCUT2D eigenvalue weighted by atomic mass is 16.5. The summed E-state index contributed by atoms with van der Waals surface area (Å²) < 4.78 is 5.85. The maximum Gasteiger partial charge on any atom is 0.159 e. The smallest absolute Gasteiger partial charge is 0.159 e. The lowest BCUT2D eigenvalue weighted by molar-refractivity contribution is 0.101. The number of carbonyl (C=O) groups is 1. The molecule has 2 aromatic carbocycles. The van der Waals surface area contributed by atoms with Crippen molar-refractivity contribution in [2.24, 2.45) is 0 Å². The Hall–Kier alpha value is -2.29. The average molecular weight is 267 g/mol. The Morgan fingerprint density at radius 3 is 2.80 bits per heavy atom. The molecule has 1 unspecified atom stereocenters. The molecular formula is C17H17NO2. The molecule has 0 saturated carbocycles. The van der Waals surface area contributed by atoms with Crippen molar-refractivity contribution in [3.63, 3.8) is 0 Å². The van der Waals surface area contributed by atoms with Crippen molar-refractivity contribution < 1.29 is 9.53 Å². The van der Waals surface area contributed by atoms with E-state index in [0.29, 0.717) is 0 Å². The topological polar surface area (TPSA) is 29.5 Å². The van der Waals surface area contributed by atoms with Gasteiger partial charge in [0.15, 0.2) is 5.78 Å². The van der Waals surface area contributed by atoms with Gasteiger partial charge in [-0.25, -0.2) is 0 Å². The van der Waals surface area contributed by atoms with Crippen LogP contribution in [-0.4, -0.2) is 18.4 Å².